The van der Waals surface area contributed by atoms with Crippen LogP contribution in [0.5, 0.6) is 0 Å². The van der Waals surface area contributed by atoms with Gasteiger partial charge in [0.25, 0.3) is 0 Å². The van der Waals surface area contributed by atoms with E-state index in [0.717, 1.165) is 10.6 Å². The fourth-order valence-corrected chi connectivity index (χ4v) is 3.14. The monoisotopic (exact) mass is 405 g/mol. The van der Waals surface area contributed by atoms with Crippen LogP contribution in [0, 0.1) is 0 Å². The molecule has 1 rings (SSSR count). The predicted molar refractivity (Wildman–Crippen MR) is 87.4 cm³/mol. The molecule has 0 saturated heterocycles. The van der Waals surface area contributed by atoms with Crippen molar-refractivity contribution in [3.05, 3.63) is 33.8 Å². The molecule has 0 radical (unpaired) electrons. The Labute approximate surface area is 174 Å². The summed E-state index contributed by atoms with van der Waals surface area (Å²) in [7, 11) is -3.84. The van der Waals surface area contributed by atoms with Crippen molar-refractivity contribution in [2.24, 2.45) is 0 Å². The van der Waals surface area contributed by atoms with E-state index in [2.05, 4.69) is 4.52 Å². The number of carbonyl (C=O) groups excluding carboxylic acids is 1. The molecule has 0 saturated carbocycles. The molecule has 0 spiro atoms. The molecular weight excluding hydrogens is 387 g/mol. The summed E-state index contributed by atoms with van der Waals surface area (Å²) in [6, 6.07) is 5.01. The Hall–Kier alpha value is 0.380. The first-order valence-electron chi connectivity index (χ1n) is 7.04. The van der Waals surface area contributed by atoms with Crippen LogP contribution in [0.2, 0.25) is 10.0 Å². The van der Waals surface area contributed by atoms with Crippen LogP contribution in [0.1, 0.15) is 25.8 Å². The second-order valence-corrected chi connectivity index (χ2v) is 7.49. The van der Waals surface area contributed by atoms with E-state index in [1.807, 2.05) is 0 Å². The quantitative estimate of drug-likeness (QED) is 0.334. The molecule has 10 heteroatoms. The molecule has 0 N–H and O–H groups in total. The molecule has 24 heavy (non-hydrogen) atoms. The maximum absolute atomic E-state index is 11.5. The molecule has 1 aromatic rings. The van der Waals surface area contributed by atoms with Gasteiger partial charge in [0.2, 0.25) is 5.91 Å². The molecule has 1 amide bonds. The van der Waals surface area contributed by atoms with Crippen LogP contribution < -0.4 is 34.5 Å². The van der Waals surface area contributed by atoms with Crippen molar-refractivity contribution >= 4 is 36.7 Å². The van der Waals surface area contributed by atoms with Gasteiger partial charge in [0, 0.05) is 19.6 Å². The Bertz CT molecular complexity index is 590. The van der Waals surface area contributed by atoms with Gasteiger partial charge in [-0.1, -0.05) is 29.3 Å². The van der Waals surface area contributed by atoms with Crippen LogP contribution >= 0.6 is 30.8 Å². The molecule has 1 unspecified atom stereocenters. The second kappa shape index (κ2) is 11.9. The molecule has 130 valence electrons. The molecule has 0 aliphatic heterocycles. The van der Waals surface area contributed by atoms with E-state index in [9.17, 15) is 14.3 Å². The summed E-state index contributed by atoms with van der Waals surface area (Å²) in [6.07, 6.45) is 0.0719. The minimum absolute atomic E-state index is 0. The third-order valence-electron chi connectivity index (χ3n) is 2.84. The molecule has 6 nitrogen and oxygen atoms in total. The predicted octanol–water partition coefficient (Wildman–Crippen LogP) is 0.257. The molecule has 0 aliphatic rings. The van der Waals surface area contributed by atoms with Crippen LogP contribution in [0.25, 0.3) is 0 Å². The van der Waals surface area contributed by atoms with E-state index in [-0.39, 0.29) is 67.8 Å². The third-order valence-corrected chi connectivity index (χ3v) is 5.10. The van der Waals surface area contributed by atoms with Crippen molar-refractivity contribution in [2.45, 2.75) is 26.9 Å². The summed E-state index contributed by atoms with van der Waals surface area (Å²) in [5, 5.41) is 1.95. The zero-order chi connectivity index (χ0) is 17.5. The minimum Gasteiger partial charge on any atom is -0.778 e. The molecule has 0 aliphatic carbocycles. The van der Waals surface area contributed by atoms with E-state index in [0.29, 0.717) is 10.0 Å². The zero-order valence-electron chi connectivity index (χ0n) is 14.0. The third kappa shape index (κ3) is 9.18. The van der Waals surface area contributed by atoms with Gasteiger partial charge in [0.05, 0.1) is 16.7 Å². The van der Waals surface area contributed by atoms with E-state index in [1.165, 1.54) is 6.92 Å². The molecule has 0 bridgehead atoms. The maximum Gasteiger partial charge on any atom is 1.00 e. The average molecular weight is 406 g/mol. The molecule has 0 fully saturated rings. The Balaban J connectivity index is 0.00000529. The number of hydrogen-bond acceptors (Lipinski definition) is 5. The van der Waals surface area contributed by atoms with Gasteiger partial charge in [0.15, 0.2) is 0 Å². The van der Waals surface area contributed by atoms with Crippen molar-refractivity contribution in [2.75, 3.05) is 19.3 Å². The van der Waals surface area contributed by atoms with Gasteiger partial charge in [-0.15, -0.1) is 0 Å². The largest absolute Gasteiger partial charge is 1.00 e. The SMILES string of the molecule is CCOP(=O)([O-])CCCN(OCc1ccc(Cl)c(Cl)c1)C(C)=O.[Na+]. The molecular formula is C14H19Cl2NNaO5P. The van der Waals surface area contributed by atoms with Gasteiger partial charge in [-0.25, -0.2) is 5.06 Å². The van der Waals surface area contributed by atoms with Crippen molar-refractivity contribution in [3.8, 4) is 0 Å². The van der Waals surface area contributed by atoms with E-state index in [4.69, 9.17) is 28.0 Å². The number of nitrogens with zero attached hydrogens (tertiary/aromatic N) is 1. The number of benzene rings is 1. The standard InChI is InChI=1S/C14H20Cl2NO5P.Na/c1-3-22-23(19,20)8-4-7-17(11(2)18)21-10-12-5-6-13(15)14(16)9-12;/h5-6,9H,3-4,7-8,10H2,1-2H3,(H,19,20);/q;+1/p-1. The number of hydroxylamine groups is 2. The number of halogens is 2. The molecule has 0 heterocycles. The Morgan fingerprint density at radius 2 is 2.00 bits per heavy atom. The first-order chi connectivity index (χ1) is 10.7. The Morgan fingerprint density at radius 3 is 2.54 bits per heavy atom. The number of carbonyl (C=O) groups is 1. The summed E-state index contributed by atoms with van der Waals surface area (Å²) in [5.41, 5.74) is 0.745. The summed E-state index contributed by atoms with van der Waals surface area (Å²) in [4.78, 5) is 28.4. The molecule has 1 atom stereocenters. The van der Waals surface area contributed by atoms with Crippen molar-refractivity contribution in [3.63, 3.8) is 0 Å². The summed E-state index contributed by atoms with van der Waals surface area (Å²) < 4.78 is 16.1. The second-order valence-electron chi connectivity index (χ2n) is 4.75. The van der Waals surface area contributed by atoms with Crippen LogP contribution in [-0.2, 0) is 25.3 Å². The zero-order valence-corrected chi connectivity index (χ0v) is 18.4. The average Bonchev–Trinajstić information content (AvgIpc) is 2.45. The van der Waals surface area contributed by atoms with Crippen molar-refractivity contribution < 1.29 is 53.2 Å². The minimum atomic E-state index is -3.84. The van der Waals surface area contributed by atoms with Crippen LogP contribution in [0.3, 0.4) is 0 Å². The summed E-state index contributed by atoms with van der Waals surface area (Å²) in [6.45, 7) is 3.32. The van der Waals surface area contributed by atoms with Crippen molar-refractivity contribution in [1.82, 2.24) is 5.06 Å². The molecule has 0 aromatic heterocycles. The van der Waals surface area contributed by atoms with E-state index in [1.54, 1.807) is 25.1 Å². The van der Waals surface area contributed by atoms with Gasteiger partial charge in [-0.05, 0) is 31.0 Å². The Morgan fingerprint density at radius 1 is 1.33 bits per heavy atom. The van der Waals surface area contributed by atoms with Gasteiger partial charge >= 0.3 is 29.6 Å². The van der Waals surface area contributed by atoms with Gasteiger partial charge in [0.1, 0.15) is 14.2 Å². The molecule has 1 aromatic carbocycles. The Kier molecular flexibility index (Phi) is 12.1. The summed E-state index contributed by atoms with van der Waals surface area (Å²) in [5.74, 6) is -0.317. The summed E-state index contributed by atoms with van der Waals surface area (Å²) >= 11 is 11.7. The fourth-order valence-electron chi connectivity index (χ4n) is 1.76. The first-order valence-corrected chi connectivity index (χ1v) is 9.53. The topological polar surface area (TPSA) is 78.9 Å². The van der Waals surface area contributed by atoms with E-state index >= 15 is 0 Å². The van der Waals surface area contributed by atoms with Crippen LogP contribution in [0.15, 0.2) is 18.2 Å². The van der Waals surface area contributed by atoms with E-state index < -0.39 is 7.60 Å². The van der Waals surface area contributed by atoms with Crippen LogP contribution in [0.4, 0.5) is 0 Å². The van der Waals surface area contributed by atoms with Crippen molar-refractivity contribution in [1.29, 1.82) is 0 Å². The van der Waals surface area contributed by atoms with Gasteiger partial charge < -0.3 is 14.0 Å². The van der Waals surface area contributed by atoms with Gasteiger partial charge in [-0.2, -0.15) is 0 Å². The fraction of sp³-hybridized carbons (Fsp3) is 0.500. The smallest absolute Gasteiger partial charge is 0.778 e. The number of hydrogen-bond donors (Lipinski definition) is 0. The number of rotatable bonds is 9. The maximum atomic E-state index is 11.5. The van der Waals surface area contributed by atoms with Gasteiger partial charge in [-0.3, -0.25) is 9.63 Å². The normalized spacial score (nSPS) is 13.0. The van der Waals surface area contributed by atoms with Crippen LogP contribution in [-0.4, -0.2) is 30.3 Å². The first kappa shape index (κ1) is 24.4. The number of amides is 1.